The van der Waals surface area contributed by atoms with E-state index < -0.39 is 0 Å². The van der Waals surface area contributed by atoms with Crippen molar-refractivity contribution in [3.63, 3.8) is 0 Å². The molecule has 2 heteroatoms. The van der Waals surface area contributed by atoms with Gasteiger partial charge in [-0.25, -0.2) is 0 Å². The maximum absolute atomic E-state index is 2.48. The van der Waals surface area contributed by atoms with Gasteiger partial charge in [0.25, 0.3) is 0 Å². The fraction of sp³-hybridized carbons (Fsp3) is 0.0667. The highest BCUT2D eigenvalue weighted by Gasteiger charge is 2.36. The lowest BCUT2D eigenvalue weighted by Crippen LogP contribution is -2.14. The largest absolute Gasteiger partial charge is 0.309 e. The SMILES string of the molecule is CC1(C)c2ccccc2-c2cc3c4ccccc4n(-c4ccc5c(c4)c4ccccc4n5-c4cccc(-c5ccccc5)c4)c3cc21. The number of aromatic nitrogens is 2. The number of fused-ring (bicyclic) bond motifs is 9. The molecule has 10 rings (SSSR count). The minimum atomic E-state index is -0.0624. The number of benzene rings is 7. The Labute approximate surface area is 273 Å². The first kappa shape index (κ1) is 26.4. The molecule has 0 saturated carbocycles. The molecule has 0 N–H and O–H groups in total. The van der Waals surface area contributed by atoms with Crippen LogP contribution in [0.2, 0.25) is 0 Å². The zero-order chi connectivity index (χ0) is 31.3. The smallest absolute Gasteiger partial charge is 0.0544 e. The quantitative estimate of drug-likeness (QED) is 0.191. The summed E-state index contributed by atoms with van der Waals surface area (Å²) in [7, 11) is 0. The molecule has 0 fully saturated rings. The van der Waals surface area contributed by atoms with Crippen molar-refractivity contribution in [2.24, 2.45) is 0 Å². The second kappa shape index (κ2) is 9.57. The third-order valence-corrected chi connectivity index (χ3v) is 10.5. The monoisotopic (exact) mass is 600 g/mol. The van der Waals surface area contributed by atoms with Crippen molar-refractivity contribution in [1.29, 1.82) is 0 Å². The van der Waals surface area contributed by atoms with Gasteiger partial charge >= 0.3 is 0 Å². The van der Waals surface area contributed by atoms with Crippen LogP contribution in [0.3, 0.4) is 0 Å². The minimum absolute atomic E-state index is 0.0624. The Bertz CT molecular complexity index is 2700. The predicted molar refractivity (Wildman–Crippen MR) is 198 cm³/mol. The lowest BCUT2D eigenvalue weighted by Gasteiger charge is -2.21. The van der Waals surface area contributed by atoms with Crippen LogP contribution in [0.5, 0.6) is 0 Å². The van der Waals surface area contributed by atoms with Gasteiger partial charge in [0.1, 0.15) is 0 Å². The molecule has 1 aliphatic rings. The van der Waals surface area contributed by atoms with Crippen molar-refractivity contribution < 1.29 is 0 Å². The lowest BCUT2D eigenvalue weighted by atomic mass is 9.82. The molecule has 0 radical (unpaired) electrons. The molecule has 9 aromatic rings. The molecule has 222 valence electrons. The molecular formula is C45H32N2. The molecule has 47 heavy (non-hydrogen) atoms. The molecule has 0 atom stereocenters. The van der Waals surface area contributed by atoms with Crippen LogP contribution in [-0.4, -0.2) is 9.13 Å². The van der Waals surface area contributed by atoms with E-state index in [0.717, 1.165) is 0 Å². The summed E-state index contributed by atoms with van der Waals surface area (Å²) in [6, 6.07) is 58.1. The van der Waals surface area contributed by atoms with Crippen LogP contribution in [0.15, 0.2) is 158 Å². The average molecular weight is 601 g/mol. The molecule has 2 nitrogen and oxygen atoms in total. The van der Waals surface area contributed by atoms with Gasteiger partial charge in [-0.15, -0.1) is 0 Å². The second-order valence-electron chi connectivity index (χ2n) is 13.4. The highest BCUT2D eigenvalue weighted by Crippen LogP contribution is 2.51. The summed E-state index contributed by atoms with van der Waals surface area (Å²) in [5.41, 5.74) is 15.1. The summed E-state index contributed by atoms with van der Waals surface area (Å²) < 4.78 is 4.89. The van der Waals surface area contributed by atoms with Crippen molar-refractivity contribution in [3.8, 4) is 33.6 Å². The second-order valence-corrected chi connectivity index (χ2v) is 13.4. The van der Waals surface area contributed by atoms with Crippen molar-refractivity contribution in [3.05, 3.63) is 169 Å². The number of hydrogen-bond acceptors (Lipinski definition) is 0. The number of rotatable bonds is 3. The van der Waals surface area contributed by atoms with E-state index in [4.69, 9.17) is 0 Å². The standard InChI is InChI=1S/C45H32N2/c1-45(2)39-20-9-6-17-33(39)36-27-38-35-19-8-11-22-42(35)47(44(38)28-40(36)45)32-23-24-43-37(26-32)34-18-7-10-21-41(34)46(43)31-16-12-15-30(25-31)29-13-4-3-5-14-29/h3-28H,1-2H3. The Morgan fingerprint density at radius 2 is 0.957 bits per heavy atom. The van der Waals surface area contributed by atoms with Gasteiger partial charge in [0.2, 0.25) is 0 Å². The maximum Gasteiger partial charge on any atom is 0.0544 e. The van der Waals surface area contributed by atoms with Crippen LogP contribution in [-0.2, 0) is 5.41 Å². The summed E-state index contributed by atoms with van der Waals surface area (Å²) in [5, 5.41) is 5.09. The molecule has 1 aliphatic carbocycles. The van der Waals surface area contributed by atoms with Crippen LogP contribution in [0.4, 0.5) is 0 Å². The normalized spacial score (nSPS) is 13.5. The van der Waals surface area contributed by atoms with Crippen LogP contribution >= 0.6 is 0 Å². The van der Waals surface area contributed by atoms with Gasteiger partial charge in [-0.2, -0.15) is 0 Å². The van der Waals surface area contributed by atoms with Crippen molar-refractivity contribution in [2.45, 2.75) is 19.3 Å². The van der Waals surface area contributed by atoms with Gasteiger partial charge in [0.15, 0.2) is 0 Å². The van der Waals surface area contributed by atoms with Gasteiger partial charge < -0.3 is 9.13 Å². The van der Waals surface area contributed by atoms with Gasteiger partial charge in [0, 0.05) is 38.3 Å². The van der Waals surface area contributed by atoms with E-state index >= 15 is 0 Å². The molecule has 2 heterocycles. The summed E-state index contributed by atoms with van der Waals surface area (Å²) >= 11 is 0. The van der Waals surface area contributed by atoms with Gasteiger partial charge in [-0.3, -0.25) is 0 Å². The zero-order valence-electron chi connectivity index (χ0n) is 26.4. The molecule has 0 amide bonds. The average Bonchev–Trinajstić information content (AvgIpc) is 3.71. The first-order valence-electron chi connectivity index (χ1n) is 16.4. The van der Waals surface area contributed by atoms with Crippen LogP contribution in [0, 0.1) is 0 Å². The summed E-state index contributed by atoms with van der Waals surface area (Å²) in [6.45, 7) is 4.73. The Morgan fingerprint density at radius 3 is 1.74 bits per heavy atom. The molecule has 0 unspecified atom stereocenters. The van der Waals surface area contributed by atoms with E-state index in [1.54, 1.807) is 0 Å². The minimum Gasteiger partial charge on any atom is -0.309 e. The van der Waals surface area contributed by atoms with Gasteiger partial charge in [-0.05, 0) is 88.0 Å². The van der Waals surface area contributed by atoms with Crippen LogP contribution in [0.25, 0.3) is 77.2 Å². The Kier molecular flexibility index (Phi) is 5.37. The molecular weight excluding hydrogens is 569 g/mol. The number of para-hydroxylation sites is 2. The van der Waals surface area contributed by atoms with Crippen molar-refractivity contribution in [2.75, 3.05) is 0 Å². The van der Waals surface area contributed by atoms with E-state index in [1.165, 1.54) is 88.4 Å². The third kappa shape index (κ3) is 3.67. The molecule has 0 aliphatic heterocycles. The van der Waals surface area contributed by atoms with Gasteiger partial charge in [0.05, 0.1) is 22.1 Å². The topological polar surface area (TPSA) is 9.86 Å². The Morgan fingerprint density at radius 1 is 0.362 bits per heavy atom. The number of hydrogen-bond donors (Lipinski definition) is 0. The van der Waals surface area contributed by atoms with Gasteiger partial charge in [-0.1, -0.05) is 117 Å². The van der Waals surface area contributed by atoms with E-state index in [9.17, 15) is 0 Å². The highest BCUT2D eigenvalue weighted by molar-refractivity contribution is 6.13. The van der Waals surface area contributed by atoms with Crippen molar-refractivity contribution >= 4 is 43.6 Å². The summed E-state index contributed by atoms with van der Waals surface area (Å²) in [5.74, 6) is 0. The summed E-state index contributed by atoms with van der Waals surface area (Å²) in [4.78, 5) is 0. The molecule has 0 spiro atoms. The molecule has 7 aromatic carbocycles. The van der Waals surface area contributed by atoms with E-state index in [-0.39, 0.29) is 5.41 Å². The Balaban J connectivity index is 1.23. The molecule has 0 saturated heterocycles. The molecule has 0 bridgehead atoms. The lowest BCUT2D eigenvalue weighted by molar-refractivity contribution is 0.661. The summed E-state index contributed by atoms with van der Waals surface area (Å²) in [6.07, 6.45) is 0. The number of nitrogens with zero attached hydrogens (tertiary/aromatic N) is 2. The van der Waals surface area contributed by atoms with E-state index in [0.29, 0.717) is 0 Å². The fourth-order valence-electron chi connectivity index (χ4n) is 8.27. The van der Waals surface area contributed by atoms with Crippen molar-refractivity contribution in [1.82, 2.24) is 9.13 Å². The fourth-order valence-corrected chi connectivity index (χ4v) is 8.27. The molecule has 2 aromatic heterocycles. The van der Waals surface area contributed by atoms with Crippen LogP contribution in [0.1, 0.15) is 25.0 Å². The van der Waals surface area contributed by atoms with E-state index in [2.05, 4.69) is 181 Å². The Hall–Kier alpha value is -5.86. The zero-order valence-corrected chi connectivity index (χ0v) is 26.4. The highest BCUT2D eigenvalue weighted by atomic mass is 15.0. The first-order chi connectivity index (χ1) is 23.1. The van der Waals surface area contributed by atoms with E-state index in [1.807, 2.05) is 0 Å². The first-order valence-corrected chi connectivity index (χ1v) is 16.4. The maximum atomic E-state index is 2.48. The third-order valence-electron chi connectivity index (χ3n) is 10.5. The van der Waals surface area contributed by atoms with Crippen LogP contribution < -0.4 is 0 Å². The predicted octanol–water partition coefficient (Wildman–Crippen LogP) is 11.9.